The summed E-state index contributed by atoms with van der Waals surface area (Å²) < 4.78 is 9.82. The maximum absolute atomic E-state index is 12.3. The molecule has 1 aromatic carbocycles. The Bertz CT molecular complexity index is 713. The van der Waals surface area contributed by atoms with E-state index in [-0.39, 0.29) is 30.7 Å². The minimum Gasteiger partial charge on any atom is -0.463 e. The van der Waals surface area contributed by atoms with E-state index in [1.54, 1.807) is 24.3 Å². The zero-order valence-corrected chi connectivity index (χ0v) is 16.3. The molecule has 2 amide bonds. The van der Waals surface area contributed by atoms with Crippen LogP contribution in [0.1, 0.15) is 16.8 Å². The third kappa shape index (κ3) is 6.16. The van der Waals surface area contributed by atoms with E-state index in [1.165, 1.54) is 12.0 Å². The molecule has 8 nitrogen and oxygen atoms in total. The fourth-order valence-corrected chi connectivity index (χ4v) is 2.90. The number of rotatable bonds is 6. The van der Waals surface area contributed by atoms with Gasteiger partial charge in [0.2, 0.25) is 5.91 Å². The first-order valence-electron chi connectivity index (χ1n) is 8.22. The highest BCUT2D eigenvalue weighted by molar-refractivity contribution is 7.80. The highest BCUT2D eigenvalue weighted by Gasteiger charge is 2.34. The van der Waals surface area contributed by atoms with Crippen LogP contribution in [0.25, 0.3) is 0 Å². The van der Waals surface area contributed by atoms with E-state index in [0.717, 1.165) is 0 Å². The van der Waals surface area contributed by atoms with Gasteiger partial charge >= 0.3 is 5.97 Å². The molecule has 0 saturated carbocycles. The molecule has 1 atom stereocenters. The summed E-state index contributed by atoms with van der Waals surface area (Å²) in [7, 11) is 1.49. The standard InChI is InChI=1S/C17H20ClN3O5S/c1-25-8-9-26-14(22)10-13-16(24)19-6-7-21(13)17(27)20-15(23)11-2-4-12(18)5-3-11/h2-5,13H,6-10H2,1H3,(H,19,24)(H,20,23,27). The molecule has 2 rings (SSSR count). The van der Waals surface area contributed by atoms with E-state index < -0.39 is 17.9 Å². The number of methoxy groups -OCH3 is 1. The van der Waals surface area contributed by atoms with Crippen LogP contribution in [0.3, 0.4) is 0 Å². The fraction of sp³-hybridized carbons (Fsp3) is 0.412. The molecular weight excluding hydrogens is 394 g/mol. The Balaban J connectivity index is 2.00. The number of carbonyl (C=O) groups is 3. The van der Waals surface area contributed by atoms with Gasteiger partial charge in [-0.3, -0.25) is 19.7 Å². The third-order valence-electron chi connectivity index (χ3n) is 3.83. The lowest BCUT2D eigenvalue weighted by Gasteiger charge is -2.36. The predicted molar refractivity (Wildman–Crippen MR) is 102 cm³/mol. The molecule has 1 heterocycles. The number of nitrogens with one attached hydrogen (secondary N) is 2. The molecule has 2 N–H and O–H groups in total. The van der Waals surface area contributed by atoms with Gasteiger partial charge in [0.25, 0.3) is 5.91 Å². The van der Waals surface area contributed by atoms with Crippen molar-refractivity contribution in [3.8, 4) is 0 Å². The summed E-state index contributed by atoms with van der Waals surface area (Å²) in [6.45, 7) is 1.08. The Morgan fingerprint density at radius 3 is 2.70 bits per heavy atom. The molecule has 27 heavy (non-hydrogen) atoms. The van der Waals surface area contributed by atoms with Crippen LogP contribution in [0.5, 0.6) is 0 Å². The van der Waals surface area contributed by atoms with Gasteiger partial charge < -0.3 is 19.7 Å². The number of piperazine rings is 1. The molecule has 146 valence electrons. The minimum absolute atomic E-state index is 0.0690. The molecule has 1 saturated heterocycles. The number of hydrogen-bond acceptors (Lipinski definition) is 6. The summed E-state index contributed by atoms with van der Waals surface area (Å²) >= 11 is 11.1. The lowest BCUT2D eigenvalue weighted by molar-refractivity contribution is -0.148. The third-order valence-corrected chi connectivity index (χ3v) is 4.42. The van der Waals surface area contributed by atoms with E-state index >= 15 is 0 Å². The zero-order chi connectivity index (χ0) is 19.8. The van der Waals surface area contributed by atoms with Crippen LogP contribution in [0, 0.1) is 0 Å². The first-order chi connectivity index (χ1) is 12.9. The zero-order valence-electron chi connectivity index (χ0n) is 14.7. The summed E-state index contributed by atoms with van der Waals surface area (Å²) in [5.74, 6) is -1.33. The normalized spacial score (nSPS) is 16.4. The van der Waals surface area contributed by atoms with Crippen LogP contribution in [0.2, 0.25) is 5.02 Å². The predicted octanol–water partition coefficient (Wildman–Crippen LogP) is 0.735. The van der Waals surface area contributed by atoms with Crippen molar-refractivity contribution in [3.05, 3.63) is 34.9 Å². The number of ether oxygens (including phenoxy) is 2. The van der Waals surface area contributed by atoms with Crippen LogP contribution >= 0.6 is 23.8 Å². The largest absolute Gasteiger partial charge is 0.463 e. The number of nitrogens with zero attached hydrogens (tertiary/aromatic N) is 1. The molecule has 0 bridgehead atoms. The van der Waals surface area contributed by atoms with Crippen molar-refractivity contribution >= 4 is 46.7 Å². The maximum Gasteiger partial charge on any atom is 0.308 e. The van der Waals surface area contributed by atoms with Crippen molar-refractivity contribution in [3.63, 3.8) is 0 Å². The highest BCUT2D eigenvalue weighted by atomic mass is 35.5. The maximum atomic E-state index is 12.3. The number of halogens is 1. The van der Waals surface area contributed by atoms with Gasteiger partial charge in [-0.2, -0.15) is 0 Å². The molecule has 1 fully saturated rings. The van der Waals surface area contributed by atoms with Gasteiger partial charge in [-0.25, -0.2) is 0 Å². The number of thiocarbonyl (C=S) groups is 1. The number of benzene rings is 1. The summed E-state index contributed by atoms with van der Waals surface area (Å²) in [4.78, 5) is 38.0. The van der Waals surface area contributed by atoms with Crippen molar-refractivity contribution in [2.45, 2.75) is 12.5 Å². The molecule has 0 spiro atoms. The molecule has 1 aromatic rings. The molecule has 1 aliphatic heterocycles. The van der Waals surface area contributed by atoms with Crippen LogP contribution in [0.15, 0.2) is 24.3 Å². The molecule has 0 aliphatic carbocycles. The molecule has 0 aromatic heterocycles. The molecule has 1 aliphatic rings. The second-order valence-electron chi connectivity index (χ2n) is 5.68. The van der Waals surface area contributed by atoms with Crippen molar-refractivity contribution in [2.75, 3.05) is 33.4 Å². The van der Waals surface area contributed by atoms with Gasteiger partial charge in [0.15, 0.2) is 5.11 Å². The lowest BCUT2D eigenvalue weighted by atomic mass is 10.1. The average Bonchev–Trinajstić information content (AvgIpc) is 2.64. The van der Waals surface area contributed by atoms with Crippen molar-refractivity contribution in [1.29, 1.82) is 0 Å². The first kappa shape index (κ1) is 21.1. The fourth-order valence-electron chi connectivity index (χ4n) is 2.46. The molecule has 1 unspecified atom stereocenters. The van der Waals surface area contributed by atoms with Crippen LogP contribution < -0.4 is 10.6 Å². The van der Waals surface area contributed by atoms with E-state index in [4.69, 9.17) is 33.3 Å². The Hall–Kier alpha value is -2.23. The van der Waals surface area contributed by atoms with Crippen molar-refractivity contribution < 1.29 is 23.9 Å². The SMILES string of the molecule is COCCOC(=O)CC1C(=O)NCCN1C(=S)NC(=O)c1ccc(Cl)cc1. The van der Waals surface area contributed by atoms with Gasteiger partial charge in [0.1, 0.15) is 12.6 Å². The summed E-state index contributed by atoms with van der Waals surface area (Å²) in [6.07, 6.45) is -0.188. The Morgan fingerprint density at radius 2 is 2.04 bits per heavy atom. The molecular formula is C17H20ClN3O5S. The quantitative estimate of drug-likeness (QED) is 0.403. The minimum atomic E-state index is -0.855. The number of hydrogen-bond donors (Lipinski definition) is 2. The van der Waals surface area contributed by atoms with Crippen LogP contribution in [0.4, 0.5) is 0 Å². The topological polar surface area (TPSA) is 97.0 Å². The lowest BCUT2D eigenvalue weighted by Crippen LogP contribution is -2.60. The second-order valence-corrected chi connectivity index (χ2v) is 6.51. The van der Waals surface area contributed by atoms with Gasteiger partial charge in [0.05, 0.1) is 13.0 Å². The highest BCUT2D eigenvalue weighted by Crippen LogP contribution is 2.12. The van der Waals surface area contributed by atoms with Gasteiger partial charge in [0, 0.05) is 30.8 Å². The van der Waals surface area contributed by atoms with E-state index in [2.05, 4.69) is 10.6 Å². The number of esters is 1. The summed E-state index contributed by atoms with van der Waals surface area (Å²) in [6, 6.07) is 5.45. The summed E-state index contributed by atoms with van der Waals surface area (Å²) in [5, 5.41) is 5.84. The van der Waals surface area contributed by atoms with E-state index in [9.17, 15) is 14.4 Å². The van der Waals surface area contributed by atoms with Crippen molar-refractivity contribution in [1.82, 2.24) is 15.5 Å². The monoisotopic (exact) mass is 413 g/mol. The Morgan fingerprint density at radius 1 is 1.33 bits per heavy atom. The van der Waals surface area contributed by atoms with Gasteiger partial charge in [-0.1, -0.05) is 11.6 Å². The Labute approximate surface area is 167 Å². The molecule has 10 heteroatoms. The van der Waals surface area contributed by atoms with E-state index in [0.29, 0.717) is 23.7 Å². The van der Waals surface area contributed by atoms with Crippen LogP contribution in [-0.2, 0) is 19.1 Å². The summed E-state index contributed by atoms with van der Waals surface area (Å²) in [5.41, 5.74) is 0.374. The number of amides is 2. The van der Waals surface area contributed by atoms with Crippen LogP contribution in [-0.4, -0.2) is 67.3 Å². The average molecular weight is 414 g/mol. The Kier molecular flexibility index (Phi) is 7.96. The van der Waals surface area contributed by atoms with Gasteiger partial charge in [-0.15, -0.1) is 0 Å². The smallest absolute Gasteiger partial charge is 0.308 e. The number of carbonyl (C=O) groups excluding carboxylic acids is 3. The van der Waals surface area contributed by atoms with Crippen molar-refractivity contribution in [2.24, 2.45) is 0 Å². The second kappa shape index (κ2) is 10.2. The van der Waals surface area contributed by atoms with Gasteiger partial charge in [-0.05, 0) is 36.5 Å². The first-order valence-corrected chi connectivity index (χ1v) is 9.00. The van der Waals surface area contributed by atoms with E-state index in [1.807, 2.05) is 0 Å². The molecule has 0 radical (unpaired) electrons.